The Hall–Kier alpha value is -2.54. The summed E-state index contributed by atoms with van der Waals surface area (Å²) in [5.41, 5.74) is 9.14. The van der Waals surface area contributed by atoms with E-state index in [1.807, 2.05) is 49.3 Å². The maximum absolute atomic E-state index is 13.8. The van der Waals surface area contributed by atoms with E-state index in [2.05, 4.69) is 5.10 Å². The van der Waals surface area contributed by atoms with Crippen molar-refractivity contribution in [2.75, 3.05) is 14.1 Å². The Balaban J connectivity index is 0.00000300. The number of aromatic nitrogens is 2. The predicted molar refractivity (Wildman–Crippen MR) is 117 cm³/mol. The molecule has 0 atom stereocenters. The van der Waals surface area contributed by atoms with Crippen molar-refractivity contribution in [3.05, 3.63) is 87.5 Å². The Morgan fingerprint density at radius 2 is 1.79 bits per heavy atom. The molecule has 3 aromatic rings. The number of nitrogens with zero attached hydrogens (tertiary/aromatic N) is 3. The van der Waals surface area contributed by atoms with Crippen LogP contribution in [0.1, 0.15) is 16.7 Å². The van der Waals surface area contributed by atoms with E-state index in [4.69, 9.17) is 5.73 Å². The predicted octanol–water partition coefficient (Wildman–Crippen LogP) is 3.23. The number of rotatable bonds is 7. The van der Waals surface area contributed by atoms with Crippen LogP contribution in [0.25, 0.3) is 11.3 Å². The number of nitrogens with two attached hydrogens (primary N) is 1. The molecule has 0 aliphatic heterocycles. The summed E-state index contributed by atoms with van der Waals surface area (Å²) < 4.78 is 15.3. The fourth-order valence-electron chi connectivity index (χ4n) is 3.11. The van der Waals surface area contributed by atoms with Gasteiger partial charge < -0.3 is 10.6 Å². The first-order valence-electron chi connectivity index (χ1n) is 9.26. The van der Waals surface area contributed by atoms with Gasteiger partial charge in [0, 0.05) is 36.3 Å². The second-order valence-corrected chi connectivity index (χ2v) is 7.07. The van der Waals surface area contributed by atoms with Crippen LogP contribution in [0, 0.1) is 5.82 Å². The highest BCUT2D eigenvalue weighted by atomic mass is 35.5. The molecule has 2 N–H and O–H groups in total. The molecule has 2 aromatic carbocycles. The van der Waals surface area contributed by atoms with Crippen LogP contribution in [0.5, 0.6) is 0 Å². The van der Waals surface area contributed by atoms with Gasteiger partial charge in [0.15, 0.2) is 0 Å². The third-order valence-electron chi connectivity index (χ3n) is 4.55. The van der Waals surface area contributed by atoms with Gasteiger partial charge in [0.25, 0.3) is 5.56 Å². The monoisotopic (exact) mass is 416 g/mol. The first kappa shape index (κ1) is 22.7. The number of hydrogen-bond donors (Lipinski definition) is 1. The third kappa shape index (κ3) is 5.73. The lowest BCUT2D eigenvalue weighted by Crippen LogP contribution is -2.30. The van der Waals surface area contributed by atoms with Crippen LogP contribution in [-0.4, -0.2) is 28.8 Å². The van der Waals surface area contributed by atoms with Crippen LogP contribution in [-0.2, 0) is 26.1 Å². The minimum absolute atomic E-state index is 0. The van der Waals surface area contributed by atoms with Crippen molar-refractivity contribution >= 4 is 12.4 Å². The Morgan fingerprint density at radius 3 is 2.45 bits per heavy atom. The fraction of sp³-hybridized carbons (Fsp3) is 0.273. The molecule has 7 heteroatoms. The summed E-state index contributed by atoms with van der Waals surface area (Å²) in [6, 6.07) is 16.5. The molecule has 1 heterocycles. The molecule has 29 heavy (non-hydrogen) atoms. The Morgan fingerprint density at radius 1 is 1.07 bits per heavy atom. The highest BCUT2D eigenvalue weighted by molar-refractivity contribution is 5.85. The van der Waals surface area contributed by atoms with Gasteiger partial charge in [-0.2, -0.15) is 5.10 Å². The number of halogens is 2. The summed E-state index contributed by atoms with van der Waals surface area (Å²) in [6.45, 7) is 1.09. The van der Waals surface area contributed by atoms with Crippen molar-refractivity contribution in [1.29, 1.82) is 0 Å². The first-order valence-corrected chi connectivity index (χ1v) is 9.26. The van der Waals surface area contributed by atoms with Gasteiger partial charge in [0.1, 0.15) is 5.82 Å². The van der Waals surface area contributed by atoms with Gasteiger partial charge in [-0.05, 0) is 50.3 Å². The topological polar surface area (TPSA) is 64.2 Å². The van der Waals surface area contributed by atoms with Crippen LogP contribution in [0.2, 0.25) is 0 Å². The summed E-state index contributed by atoms with van der Waals surface area (Å²) in [5, 5.41) is 4.55. The zero-order chi connectivity index (χ0) is 20.1. The second-order valence-electron chi connectivity index (χ2n) is 7.07. The molecule has 5 nitrogen and oxygen atoms in total. The molecule has 0 saturated heterocycles. The van der Waals surface area contributed by atoms with Gasteiger partial charge in [-0.15, -0.1) is 12.4 Å². The highest BCUT2D eigenvalue weighted by Crippen LogP contribution is 2.20. The zero-order valence-electron chi connectivity index (χ0n) is 16.6. The van der Waals surface area contributed by atoms with E-state index in [0.29, 0.717) is 36.3 Å². The van der Waals surface area contributed by atoms with E-state index in [9.17, 15) is 9.18 Å². The van der Waals surface area contributed by atoms with Gasteiger partial charge >= 0.3 is 0 Å². The molecule has 0 aliphatic carbocycles. The van der Waals surface area contributed by atoms with Crippen molar-refractivity contribution in [3.63, 3.8) is 0 Å². The molecule has 0 unspecified atom stereocenters. The van der Waals surface area contributed by atoms with Crippen molar-refractivity contribution < 1.29 is 4.39 Å². The number of hydrogen-bond acceptors (Lipinski definition) is 4. The molecular weight excluding hydrogens is 391 g/mol. The normalized spacial score (nSPS) is 10.8. The first-order chi connectivity index (χ1) is 13.5. The SMILES string of the molecule is CN(C)Cc1cc(-c2ccc(F)c(CN)c2)nn(CCc2ccccc2)c1=O.Cl. The van der Waals surface area contributed by atoms with Crippen molar-refractivity contribution in [1.82, 2.24) is 14.7 Å². The van der Waals surface area contributed by atoms with Crippen LogP contribution < -0.4 is 11.3 Å². The minimum atomic E-state index is -0.336. The largest absolute Gasteiger partial charge is 0.326 e. The quantitative estimate of drug-likeness (QED) is 0.642. The standard InChI is InChI=1S/C22H25FN4O.ClH/c1-26(2)15-19-13-21(17-8-9-20(23)18(12-17)14-24)25-27(22(19)28)11-10-16-6-4-3-5-7-16;/h3-9,12-13H,10-11,14-15,24H2,1-2H3;1H. The molecule has 154 valence electrons. The van der Waals surface area contributed by atoms with Crippen molar-refractivity contribution in [2.24, 2.45) is 5.73 Å². The summed E-state index contributed by atoms with van der Waals surface area (Å²) in [5.74, 6) is -0.336. The van der Waals surface area contributed by atoms with E-state index in [1.54, 1.807) is 18.2 Å². The van der Waals surface area contributed by atoms with Gasteiger partial charge in [0.05, 0.1) is 5.69 Å². The molecule has 0 amide bonds. The second kappa shape index (κ2) is 10.3. The van der Waals surface area contributed by atoms with E-state index in [1.165, 1.54) is 10.7 Å². The molecule has 0 saturated carbocycles. The third-order valence-corrected chi connectivity index (χ3v) is 4.55. The molecule has 0 spiro atoms. The molecule has 0 radical (unpaired) electrons. The Labute approximate surface area is 176 Å². The molecular formula is C22H26ClFN4O. The fourth-order valence-corrected chi connectivity index (χ4v) is 3.11. The smallest absolute Gasteiger partial charge is 0.271 e. The lowest BCUT2D eigenvalue weighted by Gasteiger charge is -2.14. The van der Waals surface area contributed by atoms with Gasteiger partial charge in [-0.3, -0.25) is 4.79 Å². The van der Waals surface area contributed by atoms with E-state index < -0.39 is 0 Å². The van der Waals surface area contributed by atoms with E-state index in [0.717, 1.165) is 11.1 Å². The van der Waals surface area contributed by atoms with Crippen LogP contribution >= 0.6 is 12.4 Å². The summed E-state index contributed by atoms with van der Waals surface area (Å²) in [4.78, 5) is 14.8. The Kier molecular flexibility index (Phi) is 8.08. The Bertz CT molecular complexity index is 1010. The average molecular weight is 417 g/mol. The van der Waals surface area contributed by atoms with Gasteiger partial charge in [0.2, 0.25) is 0 Å². The highest BCUT2D eigenvalue weighted by Gasteiger charge is 2.12. The maximum atomic E-state index is 13.8. The van der Waals surface area contributed by atoms with Crippen LogP contribution in [0.4, 0.5) is 4.39 Å². The zero-order valence-corrected chi connectivity index (χ0v) is 17.5. The van der Waals surface area contributed by atoms with Gasteiger partial charge in [-0.25, -0.2) is 9.07 Å². The molecule has 0 bridgehead atoms. The van der Waals surface area contributed by atoms with Crippen molar-refractivity contribution in [3.8, 4) is 11.3 Å². The molecule has 0 aliphatic rings. The summed E-state index contributed by atoms with van der Waals surface area (Å²) in [7, 11) is 3.83. The maximum Gasteiger partial charge on any atom is 0.271 e. The van der Waals surface area contributed by atoms with Crippen LogP contribution in [0.15, 0.2) is 59.4 Å². The van der Waals surface area contributed by atoms with E-state index in [-0.39, 0.29) is 30.3 Å². The summed E-state index contributed by atoms with van der Waals surface area (Å²) >= 11 is 0. The summed E-state index contributed by atoms with van der Waals surface area (Å²) in [6.07, 6.45) is 0.704. The van der Waals surface area contributed by atoms with Crippen LogP contribution in [0.3, 0.4) is 0 Å². The number of aryl methyl sites for hydroxylation is 2. The molecule has 1 aromatic heterocycles. The lowest BCUT2D eigenvalue weighted by molar-refractivity contribution is 0.396. The average Bonchev–Trinajstić information content (AvgIpc) is 2.69. The molecule has 3 rings (SSSR count). The minimum Gasteiger partial charge on any atom is -0.326 e. The number of benzene rings is 2. The molecule has 0 fully saturated rings. The van der Waals surface area contributed by atoms with E-state index >= 15 is 0 Å². The van der Waals surface area contributed by atoms with Crippen molar-refractivity contribution in [2.45, 2.75) is 26.1 Å². The van der Waals surface area contributed by atoms with Gasteiger partial charge in [-0.1, -0.05) is 30.3 Å². The lowest BCUT2D eigenvalue weighted by atomic mass is 10.1.